The van der Waals surface area contributed by atoms with Crippen LogP contribution >= 0.6 is 23.2 Å². The number of nitrogens with zero attached hydrogens (tertiary/aromatic N) is 2. The number of ether oxygens (including phenoxy) is 1. The van der Waals surface area contributed by atoms with Gasteiger partial charge in [0.15, 0.2) is 0 Å². The zero-order valence-electron chi connectivity index (χ0n) is 23.0. The predicted octanol–water partition coefficient (Wildman–Crippen LogP) is 4.01. The number of carbonyl (C=O) groups excluding carboxylic acids is 2. The number of aryl methyl sites for hydroxylation is 1. The van der Waals surface area contributed by atoms with Crippen LogP contribution < -0.4 is 21.9 Å². The molecule has 3 aromatic carbocycles. The molecule has 41 heavy (non-hydrogen) atoms. The van der Waals surface area contributed by atoms with Crippen molar-refractivity contribution in [3.8, 4) is 5.69 Å². The third-order valence-corrected chi connectivity index (χ3v) is 7.11. The van der Waals surface area contributed by atoms with Crippen LogP contribution in [0.25, 0.3) is 16.6 Å². The maximum Gasteiger partial charge on any atom is 0.335 e. The zero-order chi connectivity index (χ0) is 29.8. The Morgan fingerprint density at radius 2 is 1.59 bits per heavy atom. The van der Waals surface area contributed by atoms with Gasteiger partial charge in [-0.3, -0.25) is 14.2 Å². The van der Waals surface area contributed by atoms with Crippen LogP contribution in [-0.2, 0) is 29.5 Å². The molecule has 0 fully saturated rings. The number of carbonyl (C=O) groups is 2. The third kappa shape index (κ3) is 6.53. The Kier molecular flexibility index (Phi) is 9.32. The molecular formula is C30H30Cl2N4O5. The van der Waals surface area contributed by atoms with Gasteiger partial charge in [-0.15, -0.1) is 0 Å². The van der Waals surface area contributed by atoms with E-state index < -0.39 is 35.3 Å². The first-order valence-electron chi connectivity index (χ1n) is 13.0. The summed E-state index contributed by atoms with van der Waals surface area (Å²) in [6, 6.07) is 15.6. The second-order valence-electron chi connectivity index (χ2n) is 9.84. The summed E-state index contributed by atoms with van der Waals surface area (Å²) in [5.74, 6) is -1.25. The standard InChI is InChI=1S/C30H30Cl2N4O5/c1-17(2)41-29(39)24(34-27(37)26-22(31)6-5-7-23(26)32)14-18-8-11-20(12-9-18)36-28(38)21-13-10-19(16-33-3)15-25(21)35(4)30(36)40/h5-13,15,17,24,33H,14,16H2,1-4H3,(H,34,37)/t24-/m0/s1. The van der Waals surface area contributed by atoms with Crippen LogP contribution in [-0.4, -0.2) is 40.2 Å². The topological polar surface area (TPSA) is 111 Å². The lowest BCUT2D eigenvalue weighted by molar-refractivity contribution is -0.149. The van der Waals surface area contributed by atoms with Crippen molar-refractivity contribution >= 4 is 46.0 Å². The summed E-state index contributed by atoms with van der Waals surface area (Å²) in [6.45, 7) is 4.02. The molecule has 0 unspecified atom stereocenters. The first-order chi connectivity index (χ1) is 19.5. The molecule has 0 aliphatic rings. The summed E-state index contributed by atoms with van der Waals surface area (Å²) in [6.07, 6.45) is -0.322. The van der Waals surface area contributed by atoms with E-state index in [0.717, 1.165) is 10.1 Å². The molecule has 4 rings (SSSR count). The van der Waals surface area contributed by atoms with Crippen LogP contribution in [0.2, 0.25) is 10.0 Å². The van der Waals surface area contributed by atoms with E-state index in [2.05, 4.69) is 10.6 Å². The quantitative estimate of drug-likeness (QED) is 0.282. The van der Waals surface area contributed by atoms with Gasteiger partial charge in [-0.2, -0.15) is 0 Å². The van der Waals surface area contributed by atoms with Crippen LogP contribution in [0, 0.1) is 0 Å². The summed E-state index contributed by atoms with van der Waals surface area (Å²) in [4.78, 5) is 52.5. The minimum Gasteiger partial charge on any atom is -0.461 e. The van der Waals surface area contributed by atoms with Crippen LogP contribution in [0.3, 0.4) is 0 Å². The molecule has 1 atom stereocenters. The van der Waals surface area contributed by atoms with Crippen molar-refractivity contribution in [2.75, 3.05) is 7.05 Å². The first kappa shape index (κ1) is 30.0. The number of halogens is 2. The number of hydrogen-bond donors (Lipinski definition) is 2. The Hall–Kier alpha value is -3.92. The SMILES string of the molecule is CNCc1ccc2c(=O)n(-c3ccc(C[C@H](NC(=O)c4c(Cl)cccc4Cl)C(=O)OC(C)C)cc3)c(=O)n(C)c2c1. The number of rotatable bonds is 9. The van der Waals surface area contributed by atoms with Crippen molar-refractivity contribution in [2.24, 2.45) is 7.05 Å². The maximum atomic E-state index is 13.3. The summed E-state index contributed by atoms with van der Waals surface area (Å²) >= 11 is 12.4. The summed E-state index contributed by atoms with van der Waals surface area (Å²) < 4.78 is 7.92. The van der Waals surface area contributed by atoms with E-state index in [-0.39, 0.29) is 22.0 Å². The van der Waals surface area contributed by atoms with Crippen molar-refractivity contribution < 1.29 is 14.3 Å². The Bertz CT molecular complexity index is 1710. The molecule has 0 radical (unpaired) electrons. The Morgan fingerprint density at radius 1 is 0.951 bits per heavy atom. The van der Waals surface area contributed by atoms with Gasteiger partial charge in [0, 0.05) is 20.0 Å². The van der Waals surface area contributed by atoms with E-state index in [1.165, 1.54) is 16.7 Å². The van der Waals surface area contributed by atoms with Gasteiger partial charge >= 0.3 is 11.7 Å². The smallest absolute Gasteiger partial charge is 0.335 e. The number of esters is 1. The molecule has 0 bridgehead atoms. The molecule has 0 spiro atoms. The fourth-order valence-electron chi connectivity index (χ4n) is 4.51. The molecule has 9 nitrogen and oxygen atoms in total. The van der Waals surface area contributed by atoms with E-state index in [9.17, 15) is 19.2 Å². The van der Waals surface area contributed by atoms with E-state index in [0.29, 0.717) is 28.7 Å². The van der Waals surface area contributed by atoms with Gasteiger partial charge in [0.2, 0.25) is 0 Å². The molecule has 0 aliphatic heterocycles. The minimum atomic E-state index is -1.05. The number of hydrogen-bond acceptors (Lipinski definition) is 6. The molecule has 1 aromatic heterocycles. The minimum absolute atomic E-state index is 0.0538. The van der Waals surface area contributed by atoms with E-state index >= 15 is 0 Å². The summed E-state index contributed by atoms with van der Waals surface area (Å²) in [5, 5.41) is 6.45. The lowest BCUT2D eigenvalue weighted by Crippen LogP contribution is -2.44. The fraction of sp³-hybridized carbons (Fsp3) is 0.267. The van der Waals surface area contributed by atoms with Gasteiger partial charge in [0.05, 0.1) is 38.3 Å². The highest BCUT2D eigenvalue weighted by molar-refractivity contribution is 6.39. The number of fused-ring (bicyclic) bond motifs is 1. The molecule has 0 saturated heterocycles. The normalized spacial score (nSPS) is 12.0. The lowest BCUT2D eigenvalue weighted by Gasteiger charge is -2.20. The molecule has 2 N–H and O–H groups in total. The molecule has 1 heterocycles. The average molecular weight is 597 g/mol. The van der Waals surface area contributed by atoms with Crippen LogP contribution in [0.4, 0.5) is 0 Å². The number of amides is 1. The van der Waals surface area contributed by atoms with Crippen molar-refractivity contribution in [2.45, 2.75) is 39.0 Å². The highest BCUT2D eigenvalue weighted by Gasteiger charge is 2.26. The van der Waals surface area contributed by atoms with Crippen LogP contribution in [0.5, 0.6) is 0 Å². The van der Waals surface area contributed by atoms with Crippen molar-refractivity contribution in [3.05, 3.63) is 108 Å². The Labute approximate surface area is 246 Å². The average Bonchev–Trinajstić information content (AvgIpc) is 2.92. The van der Waals surface area contributed by atoms with Gasteiger partial charge in [0.25, 0.3) is 11.5 Å². The molecular weight excluding hydrogens is 567 g/mol. The van der Waals surface area contributed by atoms with Gasteiger partial charge in [-0.05, 0) is 68.4 Å². The molecule has 4 aromatic rings. The summed E-state index contributed by atoms with van der Waals surface area (Å²) in [5.41, 5.74) is 1.65. The third-order valence-electron chi connectivity index (χ3n) is 6.48. The molecule has 1 amide bonds. The van der Waals surface area contributed by atoms with Crippen LogP contribution in [0.15, 0.2) is 70.3 Å². The monoisotopic (exact) mass is 596 g/mol. The number of nitrogens with one attached hydrogen (secondary N) is 2. The van der Waals surface area contributed by atoms with Crippen molar-refractivity contribution in [1.82, 2.24) is 19.8 Å². The Balaban J connectivity index is 1.65. The fourth-order valence-corrected chi connectivity index (χ4v) is 5.08. The van der Waals surface area contributed by atoms with Crippen molar-refractivity contribution in [3.63, 3.8) is 0 Å². The molecule has 214 valence electrons. The molecule has 0 saturated carbocycles. The van der Waals surface area contributed by atoms with Gasteiger partial charge in [-0.25, -0.2) is 14.2 Å². The highest BCUT2D eigenvalue weighted by atomic mass is 35.5. The number of aromatic nitrogens is 2. The lowest BCUT2D eigenvalue weighted by atomic mass is 10.0. The first-order valence-corrected chi connectivity index (χ1v) is 13.7. The largest absolute Gasteiger partial charge is 0.461 e. The predicted molar refractivity (Wildman–Crippen MR) is 160 cm³/mol. The van der Waals surface area contributed by atoms with Crippen molar-refractivity contribution in [1.29, 1.82) is 0 Å². The van der Waals surface area contributed by atoms with Gasteiger partial charge in [-0.1, -0.05) is 47.5 Å². The highest BCUT2D eigenvalue weighted by Crippen LogP contribution is 2.24. The molecule has 0 aliphatic carbocycles. The Morgan fingerprint density at radius 3 is 2.20 bits per heavy atom. The zero-order valence-corrected chi connectivity index (χ0v) is 24.5. The van der Waals surface area contributed by atoms with E-state index in [1.54, 1.807) is 57.3 Å². The number of benzene rings is 3. The van der Waals surface area contributed by atoms with Gasteiger partial charge in [0.1, 0.15) is 6.04 Å². The van der Waals surface area contributed by atoms with Gasteiger partial charge < -0.3 is 15.4 Å². The van der Waals surface area contributed by atoms with E-state index in [4.69, 9.17) is 27.9 Å². The van der Waals surface area contributed by atoms with E-state index in [1.807, 2.05) is 19.2 Å². The maximum absolute atomic E-state index is 13.3. The van der Waals surface area contributed by atoms with Crippen LogP contribution in [0.1, 0.15) is 35.3 Å². The second kappa shape index (κ2) is 12.7. The second-order valence-corrected chi connectivity index (χ2v) is 10.7. The summed E-state index contributed by atoms with van der Waals surface area (Å²) in [7, 11) is 3.44. The molecule has 11 heteroatoms.